The average Bonchev–Trinajstić information content (AvgIpc) is 2.47. The molecule has 0 fully saturated rings. The van der Waals surface area contributed by atoms with Gasteiger partial charge in [-0.15, -0.1) is 0 Å². The first-order valence-corrected chi connectivity index (χ1v) is 6.89. The molecule has 0 heterocycles. The van der Waals surface area contributed by atoms with Crippen molar-refractivity contribution in [1.82, 2.24) is 0 Å². The van der Waals surface area contributed by atoms with Gasteiger partial charge in [0.15, 0.2) is 5.60 Å². The quantitative estimate of drug-likeness (QED) is 0.896. The summed E-state index contributed by atoms with van der Waals surface area (Å²) in [4.78, 5) is 12.1. The highest BCUT2D eigenvalue weighted by Gasteiger charge is 2.51. The summed E-state index contributed by atoms with van der Waals surface area (Å²) < 4.78 is 38.3. The fourth-order valence-electron chi connectivity index (χ4n) is 2.07. The molecular weight excluding hydrogens is 307 g/mol. The van der Waals surface area contributed by atoms with Gasteiger partial charge in [0.25, 0.3) is 5.91 Å². The number of nitrogens with one attached hydrogen (secondary N) is 1. The van der Waals surface area contributed by atoms with E-state index in [2.05, 4.69) is 5.32 Å². The monoisotopic (exact) mass is 323 g/mol. The number of alkyl halides is 3. The number of aryl methyl sites for hydroxylation is 1. The van der Waals surface area contributed by atoms with Gasteiger partial charge in [0, 0.05) is 11.3 Å². The summed E-state index contributed by atoms with van der Waals surface area (Å²) in [6.45, 7) is 2.48. The van der Waals surface area contributed by atoms with E-state index < -0.39 is 11.8 Å². The van der Waals surface area contributed by atoms with Crippen LogP contribution in [0.15, 0.2) is 48.5 Å². The molecule has 1 unspecified atom stereocenters. The van der Waals surface area contributed by atoms with Crippen LogP contribution in [0.2, 0.25) is 0 Å². The molecule has 0 radical (unpaired) electrons. The van der Waals surface area contributed by atoms with E-state index >= 15 is 0 Å². The predicted molar refractivity (Wildman–Crippen MR) is 81.2 cm³/mol. The van der Waals surface area contributed by atoms with Crippen molar-refractivity contribution in [3.05, 3.63) is 65.2 Å². The highest BCUT2D eigenvalue weighted by atomic mass is 19.4. The molecule has 0 aliphatic carbocycles. The molecule has 1 amide bonds. The Kier molecular flexibility index (Phi) is 4.47. The van der Waals surface area contributed by atoms with Crippen molar-refractivity contribution in [3.63, 3.8) is 0 Å². The standard InChI is InChI=1S/C17H16F3NO2/c1-11-5-3-4-6-14(11)15(22)21-13-9-7-12(8-10-13)16(2,23)17(18,19)20/h3-10,23H,1-2H3,(H,21,22). The molecule has 0 bridgehead atoms. The van der Waals surface area contributed by atoms with Crippen molar-refractivity contribution in [2.24, 2.45) is 0 Å². The summed E-state index contributed by atoms with van der Waals surface area (Å²) >= 11 is 0. The smallest absolute Gasteiger partial charge is 0.376 e. The van der Waals surface area contributed by atoms with E-state index in [1.165, 1.54) is 12.1 Å². The minimum atomic E-state index is -4.78. The topological polar surface area (TPSA) is 49.3 Å². The number of halogens is 3. The van der Waals surface area contributed by atoms with Crippen LogP contribution >= 0.6 is 0 Å². The Morgan fingerprint density at radius 1 is 1.04 bits per heavy atom. The second kappa shape index (κ2) is 6.04. The molecule has 0 aliphatic rings. The van der Waals surface area contributed by atoms with Crippen LogP contribution in [-0.2, 0) is 5.60 Å². The first kappa shape index (κ1) is 17.0. The van der Waals surface area contributed by atoms with E-state index in [0.717, 1.165) is 17.7 Å². The summed E-state index contributed by atoms with van der Waals surface area (Å²) in [5, 5.41) is 12.2. The molecule has 0 saturated carbocycles. The van der Waals surface area contributed by atoms with Crippen molar-refractivity contribution >= 4 is 11.6 Å². The van der Waals surface area contributed by atoms with Crippen LogP contribution in [0.1, 0.15) is 28.4 Å². The molecule has 0 aliphatic heterocycles. The lowest BCUT2D eigenvalue weighted by molar-refractivity contribution is -0.258. The first-order valence-electron chi connectivity index (χ1n) is 6.89. The van der Waals surface area contributed by atoms with E-state index in [1.807, 2.05) is 0 Å². The van der Waals surface area contributed by atoms with Crippen LogP contribution < -0.4 is 5.32 Å². The second-order valence-electron chi connectivity index (χ2n) is 5.42. The molecule has 1 atom stereocenters. The Hall–Kier alpha value is -2.34. The largest absolute Gasteiger partial charge is 0.421 e. The third-order valence-electron chi connectivity index (χ3n) is 3.65. The molecule has 3 nitrogen and oxygen atoms in total. The van der Waals surface area contributed by atoms with Gasteiger partial charge in [-0.25, -0.2) is 0 Å². The molecule has 2 N–H and O–H groups in total. The van der Waals surface area contributed by atoms with Gasteiger partial charge in [-0.1, -0.05) is 30.3 Å². The maximum atomic E-state index is 12.8. The van der Waals surface area contributed by atoms with Gasteiger partial charge in [0.1, 0.15) is 0 Å². The number of hydrogen-bond donors (Lipinski definition) is 2. The molecule has 2 aromatic rings. The number of carbonyl (C=O) groups is 1. The van der Waals surface area contributed by atoms with Crippen molar-refractivity contribution in [2.45, 2.75) is 25.6 Å². The van der Waals surface area contributed by atoms with E-state index in [0.29, 0.717) is 18.2 Å². The zero-order chi connectivity index (χ0) is 17.3. The predicted octanol–water partition coefficient (Wildman–Crippen LogP) is 4.02. The summed E-state index contributed by atoms with van der Waals surface area (Å²) in [6, 6.07) is 11.9. The van der Waals surface area contributed by atoms with Gasteiger partial charge in [-0.2, -0.15) is 13.2 Å². The van der Waals surface area contributed by atoms with Gasteiger partial charge in [-0.05, 0) is 43.2 Å². The van der Waals surface area contributed by atoms with Crippen molar-refractivity contribution in [1.29, 1.82) is 0 Å². The maximum absolute atomic E-state index is 12.8. The van der Waals surface area contributed by atoms with E-state index in [9.17, 15) is 23.1 Å². The van der Waals surface area contributed by atoms with Crippen LogP contribution in [0, 0.1) is 6.92 Å². The normalized spacial score (nSPS) is 14.2. The molecule has 0 spiro atoms. The van der Waals surface area contributed by atoms with Gasteiger partial charge < -0.3 is 10.4 Å². The Bertz CT molecular complexity index is 707. The average molecular weight is 323 g/mol. The number of anilines is 1. The minimum absolute atomic E-state index is 0.293. The zero-order valence-corrected chi connectivity index (χ0v) is 12.6. The molecule has 2 aromatic carbocycles. The molecule has 0 saturated heterocycles. The Labute approximate surface area is 131 Å². The number of carbonyl (C=O) groups excluding carboxylic acids is 1. The van der Waals surface area contributed by atoms with Gasteiger partial charge in [-0.3, -0.25) is 4.79 Å². The summed E-state index contributed by atoms with van der Waals surface area (Å²) in [6.07, 6.45) is -4.78. The van der Waals surface area contributed by atoms with Crippen LogP contribution in [0.25, 0.3) is 0 Å². The second-order valence-corrected chi connectivity index (χ2v) is 5.42. The molecular formula is C17H16F3NO2. The van der Waals surface area contributed by atoms with E-state index in [1.54, 1.807) is 31.2 Å². The summed E-state index contributed by atoms with van der Waals surface area (Å²) in [7, 11) is 0. The number of hydrogen-bond acceptors (Lipinski definition) is 2. The minimum Gasteiger partial charge on any atom is -0.376 e. The number of benzene rings is 2. The highest BCUT2D eigenvalue weighted by Crippen LogP contribution is 2.38. The maximum Gasteiger partial charge on any atom is 0.421 e. The Balaban J connectivity index is 2.18. The number of aliphatic hydroxyl groups is 1. The molecule has 23 heavy (non-hydrogen) atoms. The summed E-state index contributed by atoms with van der Waals surface area (Å²) in [5.74, 6) is -0.349. The van der Waals surface area contributed by atoms with Crippen molar-refractivity contribution in [2.75, 3.05) is 5.32 Å². The van der Waals surface area contributed by atoms with Crippen LogP contribution in [-0.4, -0.2) is 17.2 Å². The van der Waals surface area contributed by atoms with Crippen molar-refractivity contribution < 1.29 is 23.1 Å². The van der Waals surface area contributed by atoms with Gasteiger partial charge in [0.05, 0.1) is 0 Å². The lowest BCUT2D eigenvalue weighted by Crippen LogP contribution is -2.39. The molecule has 0 aromatic heterocycles. The first-order chi connectivity index (χ1) is 10.6. The van der Waals surface area contributed by atoms with Crippen LogP contribution in [0.5, 0.6) is 0 Å². The third kappa shape index (κ3) is 3.53. The molecule has 122 valence electrons. The van der Waals surface area contributed by atoms with Crippen LogP contribution in [0.3, 0.4) is 0 Å². The van der Waals surface area contributed by atoms with Crippen LogP contribution in [0.4, 0.5) is 18.9 Å². The van der Waals surface area contributed by atoms with Gasteiger partial charge >= 0.3 is 6.18 Å². The molecule has 6 heteroatoms. The zero-order valence-electron chi connectivity index (χ0n) is 12.6. The van der Waals surface area contributed by atoms with E-state index in [4.69, 9.17) is 0 Å². The Morgan fingerprint density at radius 3 is 2.13 bits per heavy atom. The highest BCUT2D eigenvalue weighted by molar-refractivity contribution is 6.05. The SMILES string of the molecule is Cc1ccccc1C(=O)Nc1ccc(C(C)(O)C(F)(F)F)cc1. The lowest BCUT2D eigenvalue weighted by Gasteiger charge is -2.26. The van der Waals surface area contributed by atoms with Gasteiger partial charge in [0.2, 0.25) is 0 Å². The van der Waals surface area contributed by atoms with Crippen molar-refractivity contribution in [3.8, 4) is 0 Å². The molecule has 2 rings (SSSR count). The fraction of sp³-hybridized carbons (Fsp3) is 0.235. The number of rotatable bonds is 3. The third-order valence-corrected chi connectivity index (χ3v) is 3.65. The fourth-order valence-corrected chi connectivity index (χ4v) is 2.07. The summed E-state index contributed by atoms with van der Waals surface area (Å²) in [5.41, 5.74) is -1.61. The Morgan fingerprint density at radius 2 is 1.61 bits per heavy atom. The lowest BCUT2D eigenvalue weighted by atomic mass is 9.95. The van der Waals surface area contributed by atoms with E-state index in [-0.39, 0.29) is 11.5 Å². The number of amides is 1.